The maximum Gasteiger partial charge on any atom is 0.459 e. The summed E-state index contributed by atoms with van der Waals surface area (Å²) in [6.07, 6.45) is 3.00. The van der Waals surface area contributed by atoms with Gasteiger partial charge < -0.3 is 5.11 Å². The van der Waals surface area contributed by atoms with Crippen molar-refractivity contribution in [1.29, 1.82) is 0 Å². The van der Waals surface area contributed by atoms with Gasteiger partial charge in [0.25, 0.3) is 0 Å². The first kappa shape index (κ1) is 25.5. The Bertz CT molecular complexity index is 343. The van der Waals surface area contributed by atoms with Gasteiger partial charge in [0.05, 0.1) is 0 Å². The van der Waals surface area contributed by atoms with E-state index < -0.39 is 24.4 Å². The summed E-state index contributed by atoms with van der Waals surface area (Å²) in [6.45, 7) is 0.238. The number of hydrogen-bond acceptors (Lipinski definition) is 1. The van der Waals surface area contributed by atoms with Gasteiger partial charge in [-0.15, -0.1) is 0 Å². The predicted molar refractivity (Wildman–Crippen MR) is 87.7 cm³/mol. The van der Waals surface area contributed by atoms with Crippen LogP contribution >= 0.6 is 0 Å². The van der Waals surface area contributed by atoms with Crippen molar-refractivity contribution in [3.8, 4) is 0 Å². The first-order valence-corrected chi connectivity index (χ1v) is 9.49. The molecule has 0 fully saturated rings. The molecule has 0 aliphatic heterocycles. The minimum Gasteiger partial charge on any atom is -0.396 e. The van der Waals surface area contributed by atoms with E-state index in [4.69, 9.17) is 5.11 Å². The van der Waals surface area contributed by atoms with Gasteiger partial charge in [0.15, 0.2) is 0 Å². The number of rotatable bonds is 16. The third kappa shape index (κ3) is 9.97. The van der Waals surface area contributed by atoms with E-state index in [1.807, 2.05) is 0 Å². The fraction of sp³-hybridized carbons (Fsp3) is 1.00. The molecule has 0 saturated heterocycles. The highest BCUT2D eigenvalue weighted by Gasteiger charge is 2.72. The minimum absolute atomic E-state index is 0.231. The maximum atomic E-state index is 13.1. The fourth-order valence-electron chi connectivity index (χ4n) is 2.77. The summed E-state index contributed by atoms with van der Waals surface area (Å²) < 4.78 is 87.4. The van der Waals surface area contributed by atoms with E-state index >= 15 is 0 Å². The Morgan fingerprint density at radius 3 is 1.08 bits per heavy atom. The lowest BCUT2D eigenvalue weighted by molar-refractivity contribution is -0.355. The van der Waals surface area contributed by atoms with Crippen LogP contribution in [0.15, 0.2) is 0 Å². The van der Waals surface area contributed by atoms with Crippen LogP contribution in [0.4, 0.5) is 30.7 Å². The molecule has 0 heterocycles. The molecule has 0 saturated carbocycles. The molecule has 1 N–H and O–H groups in total. The molecule has 1 nitrogen and oxygen atoms in total. The van der Waals surface area contributed by atoms with Crippen molar-refractivity contribution < 1.29 is 35.8 Å². The van der Waals surface area contributed by atoms with Crippen LogP contribution in [0.3, 0.4) is 0 Å². The molecule has 158 valence electrons. The maximum absolute atomic E-state index is 13.1. The lowest BCUT2D eigenvalue weighted by atomic mass is 10.0. The van der Waals surface area contributed by atoms with Crippen molar-refractivity contribution >= 4 is 0 Å². The Morgan fingerprint density at radius 2 is 0.769 bits per heavy atom. The minimum atomic E-state index is -6.23. The van der Waals surface area contributed by atoms with E-state index in [-0.39, 0.29) is 19.4 Å². The van der Waals surface area contributed by atoms with Crippen LogP contribution in [-0.2, 0) is 0 Å². The van der Waals surface area contributed by atoms with Gasteiger partial charge in [0.2, 0.25) is 0 Å². The van der Waals surface area contributed by atoms with Crippen molar-refractivity contribution in [2.75, 3.05) is 6.61 Å². The molecule has 0 aromatic carbocycles. The summed E-state index contributed by atoms with van der Waals surface area (Å²) in [7, 11) is 0. The molecule has 0 aromatic heterocycles. The van der Waals surface area contributed by atoms with Gasteiger partial charge in [-0.2, -0.15) is 30.7 Å². The molecule has 0 aliphatic rings. The third-order valence-corrected chi connectivity index (χ3v) is 4.46. The molecule has 0 atom stereocenters. The number of aliphatic hydroxyl groups excluding tert-OH is 1. The summed E-state index contributed by atoms with van der Waals surface area (Å²) in [5.41, 5.74) is 0. The summed E-state index contributed by atoms with van der Waals surface area (Å²) in [5.74, 6) is -11.0. The van der Waals surface area contributed by atoms with Crippen LogP contribution in [-0.4, -0.2) is 29.7 Å². The van der Waals surface area contributed by atoms with Crippen molar-refractivity contribution in [2.24, 2.45) is 0 Å². The number of unbranched alkanes of at least 4 members (excludes halogenated alkanes) is 12. The smallest absolute Gasteiger partial charge is 0.396 e. The van der Waals surface area contributed by atoms with Gasteiger partial charge in [-0.3, -0.25) is 0 Å². The summed E-state index contributed by atoms with van der Waals surface area (Å²) in [5, 5.41) is 8.64. The molecule has 0 radical (unpaired) electrons. The molecule has 0 rings (SSSR count). The van der Waals surface area contributed by atoms with E-state index in [0.717, 1.165) is 64.2 Å². The predicted octanol–water partition coefficient (Wildman–Crippen LogP) is 7.27. The summed E-state index contributed by atoms with van der Waals surface area (Å²) >= 11 is 0. The Hall–Kier alpha value is -0.530. The van der Waals surface area contributed by atoms with Crippen LogP contribution in [0.25, 0.3) is 0 Å². The molecule has 0 aromatic rings. The van der Waals surface area contributed by atoms with Gasteiger partial charge >= 0.3 is 18.0 Å². The van der Waals surface area contributed by atoms with Gasteiger partial charge in [0.1, 0.15) is 0 Å². The molecule has 0 aliphatic carbocycles. The van der Waals surface area contributed by atoms with Gasteiger partial charge in [0, 0.05) is 13.0 Å². The zero-order valence-electron chi connectivity index (χ0n) is 15.2. The SMILES string of the molecule is OCCCCCCCCCCCCCCCC(F)(F)C(F)(F)C(F)(F)F. The molecular weight excluding hydrogens is 365 g/mol. The van der Waals surface area contributed by atoms with Gasteiger partial charge in [-0.1, -0.05) is 70.6 Å². The first-order valence-electron chi connectivity index (χ1n) is 9.49. The lowest BCUT2D eigenvalue weighted by Crippen LogP contribution is -2.51. The van der Waals surface area contributed by atoms with Crippen LogP contribution in [0.2, 0.25) is 0 Å². The molecule has 0 amide bonds. The van der Waals surface area contributed by atoms with Crippen LogP contribution in [0, 0.1) is 0 Å². The highest BCUT2D eigenvalue weighted by atomic mass is 19.4. The monoisotopic (exact) mass is 396 g/mol. The fourth-order valence-corrected chi connectivity index (χ4v) is 2.77. The normalized spacial score (nSPS) is 13.4. The van der Waals surface area contributed by atoms with Crippen LogP contribution in [0.1, 0.15) is 89.9 Å². The second-order valence-electron chi connectivity index (χ2n) is 6.85. The summed E-state index contributed by atoms with van der Waals surface area (Å²) in [4.78, 5) is 0. The van der Waals surface area contributed by atoms with Crippen LogP contribution < -0.4 is 0 Å². The quantitative estimate of drug-likeness (QED) is 0.215. The van der Waals surface area contributed by atoms with Crippen molar-refractivity contribution in [3.05, 3.63) is 0 Å². The van der Waals surface area contributed by atoms with E-state index in [9.17, 15) is 30.7 Å². The Labute approximate surface area is 151 Å². The van der Waals surface area contributed by atoms with Crippen molar-refractivity contribution in [2.45, 2.75) is 108 Å². The molecule has 0 spiro atoms. The lowest BCUT2D eigenvalue weighted by Gasteiger charge is -2.28. The average Bonchev–Trinajstić information content (AvgIpc) is 2.54. The number of hydrogen-bond donors (Lipinski definition) is 1. The highest BCUT2D eigenvalue weighted by Crippen LogP contribution is 2.48. The molecular formula is C18H31F7O. The molecule has 8 heteroatoms. The van der Waals surface area contributed by atoms with E-state index in [1.165, 1.54) is 0 Å². The van der Waals surface area contributed by atoms with Gasteiger partial charge in [-0.05, 0) is 12.8 Å². The second kappa shape index (κ2) is 12.8. The first-order chi connectivity index (χ1) is 12.1. The Balaban J connectivity index is 3.56. The topological polar surface area (TPSA) is 20.2 Å². The molecule has 26 heavy (non-hydrogen) atoms. The van der Waals surface area contributed by atoms with Crippen LogP contribution in [0.5, 0.6) is 0 Å². The zero-order chi connectivity index (χ0) is 20.1. The Kier molecular flexibility index (Phi) is 12.5. The average molecular weight is 396 g/mol. The van der Waals surface area contributed by atoms with Gasteiger partial charge in [-0.25, -0.2) is 0 Å². The summed E-state index contributed by atoms with van der Waals surface area (Å²) in [6, 6.07) is 0. The molecule has 0 unspecified atom stereocenters. The third-order valence-electron chi connectivity index (χ3n) is 4.46. The number of halogens is 7. The largest absolute Gasteiger partial charge is 0.459 e. The van der Waals surface area contributed by atoms with Crippen molar-refractivity contribution in [1.82, 2.24) is 0 Å². The number of alkyl halides is 7. The van der Waals surface area contributed by atoms with E-state index in [2.05, 4.69) is 0 Å². The molecule has 0 bridgehead atoms. The second-order valence-corrected chi connectivity index (χ2v) is 6.85. The highest BCUT2D eigenvalue weighted by molar-refractivity contribution is 4.90. The zero-order valence-corrected chi connectivity index (χ0v) is 15.2. The van der Waals surface area contributed by atoms with E-state index in [0.29, 0.717) is 6.42 Å². The standard InChI is InChI=1S/C18H31F7O/c19-16(20,17(21,22)18(23,24)25)14-12-10-8-6-4-2-1-3-5-7-9-11-13-15-26/h26H,1-15H2. The Morgan fingerprint density at radius 1 is 0.462 bits per heavy atom. The van der Waals surface area contributed by atoms with E-state index in [1.54, 1.807) is 0 Å². The van der Waals surface area contributed by atoms with Crippen molar-refractivity contribution in [3.63, 3.8) is 0 Å². The number of aliphatic hydroxyl groups is 1.